The number of furan rings is 3. The fraction of sp³-hybridized carbons (Fsp3) is 0.0612. The molecule has 1 aliphatic carbocycles. The van der Waals surface area contributed by atoms with E-state index in [1.165, 1.54) is 27.6 Å². The van der Waals surface area contributed by atoms with Crippen LogP contribution in [0.1, 0.15) is 25.0 Å². The third kappa shape index (κ3) is 3.73. The summed E-state index contributed by atoms with van der Waals surface area (Å²) in [5.41, 5.74) is 14.2. The van der Waals surface area contributed by atoms with Gasteiger partial charge < -0.3 is 13.3 Å². The lowest BCUT2D eigenvalue weighted by atomic mass is 9.82. The van der Waals surface area contributed by atoms with E-state index in [0.717, 1.165) is 82.3 Å². The molecular weight excluding hydrogens is 679 g/mol. The third-order valence-electron chi connectivity index (χ3n) is 12.0. The molecule has 5 heterocycles. The van der Waals surface area contributed by atoms with Gasteiger partial charge >= 0.3 is 0 Å². The minimum absolute atomic E-state index is 0.165. The number of benzene rings is 7. The number of fused-ring (bicyclic) bond motifs is 15. The first-order valence-corrected chi connectivity index (χ1v) is 18.7. The third-order valence-corrected chi connectivity index (χ3v) is 12.0. The lowest BCUT2D eigenvalue weighted by Crippen LogP contribution is -2.15. The van der Waals surface area contributed by atoms with Gasteiger partial charge in [-0.3, -0.25) is 4.57 Å². The van der Waals surface area contributed by atoms with Crippen LogP contribution in [0.5, 0.6) is 0 Å². The number of hydrogen-bond donors (Lipinski definition) is 0. The molecule has 13 rings (SSSR count). The summed E-state index contributed by atoms with van der Waals surface area (Å²) in [7, 11) is 0. The summed E-state index contributed by atoms with van der Waals surface area (Å²) in [4.78, 5) is 10.9. The Morgan fingerprint density at radius 1 is 0.455 bits per heavy atom. The van der Waals surface area contributed by atoms with Gasteiger partial charge in [-0.1, -0.05) is 98.8 Å². The van der Waals surface area contributed by atoms with Crippen LogP contribution in [-0.4, -0.2) is 14.5 Å². The smallest absolute Gasteiger partial charge is 0.236 e. The highest BCUT2D eigenvalue weighted by Gasteiger charge is 2.36. The molecule has 0 saturated heterocycles. The van der Waals surface area contributed by atoms with E-state index in [1.807, 2.05) is 48.5 Å². The van der Waals surface area contributed by atoms with Crippen molar-refractivity contribution in [2.45, 2.75) is 19.3 Å². The minimum Gasteiger partial charge on any atom is -0.456 e. The van der Waals surface area contributed by atoms with Crippen LogP contribution in [0.15, 0.2) is 153 Å². The number of hydrogen-bond acceptors (Lipinski definition) is 5. The first-order valence-electron chi connectivity index (χ1n) is 18.7. The lowest BCUT2D eigenvalue weighted by molar-refractivity contribution is 0.661. The first kappa shape index (κ1) is 29.3. The van der Waals surface area contributed by atoms with Crippen molar-refractivity contribution in [3.63, 3.8) is 0 Å². The summed E-state index contributed by atoms with van der Waals surface area (Å²) in [5.74, 6) is 0.581. The molecule has 0 radical (unpaired) electrons. The summed E-state index contributed by atoms with van der Waals surface area (Å²) in [6, 6.07) is 48.7. The number of rotatable bonds is 2. The van der Waals surface area contributed by atoms with Crippen molar-refractivity contribution in [1.29, 1.82) is 0 Å². The Bertz CT molecular complexity index is 3650. The molecule has 55 heavy (non-hydrogen) atoms. The van der Waals surface area contributed by atoms with Crippen LogP contribution in [0.4, 0.5) is 0 Å². The van der Waals surface area contributed by atoms with E-state index >= 15 is 0 Å². The number of nitrogens with zero attached hydrogens (tertiary/aromatic N) is 3. The van der Waals surface area contributed by atoms with Gasteiger partial charge in [-0.25, -0.2) is 9.97 Å². The van der Waals surface area contributed by atoms with Crippen molar-refractivity contribution in [2.75, 3.05) is 0 Å². The zero-order chi connectivity index (χ0) is 36.2. The maximum absolute atomic E-state index is 6.67. The van der Waals surface area contributed by atoms with E-state index < -0.39 is 0 Å². The molecule has 7 aromatic carbocycles. The SMILES string of the molecule is CC1(C)c2ccccc2-c2cc3c4ccccc4n(-c4nc(-c5cccc6oc7cc8c(cc7c56)oc5ccccc58)c5oc6ccccc6c5n4)c3cc21. The van der Waals surface area contributed by atoms with Gasteiger partial charge in [-0.05, 0) is 76.9 Å². The van der Waals surface area contributed by atoms with Crippen LogP contribution >= 0.6 is 0 Å². The van der Waals surface area contributed by atoms with Crippen molar-refractivity contribution in [1.82, 2.24) is 14.5 Å². The normalized spacial score (nSPS) is 13.8. The van der Waals surface area contributed by atoms with Crippen LogP contribution in [0.3, 0.4) is 0 Å². The molecule has 0 spiro atoms. The Morgan fingerprint density at radius 3 is 2.02 bits per heavy atom. The maximum atomic E-state index is 6.67. The van der Waals surface area contributed by atoms with Gasteiger partial charge in [0.15, 0.2) is 5.58 Å². The Kier molecular flexibility index (Phi) is 5.36. The molecule has 0 saturated carbocycles. The topological polar surface area (TPSA) is 70.1 Å². The fourth-order valence-electron chi connectivity index (χ4n) is 9.48. The quantitative estimate of drug-likeness (QED) is 0.179. The second-order valence-corrected chi connectivity index (χ2v) is 15.3. The van der Waals surface area contributed by atoms with Gasteiger partial charge in [0.1, 0.15) is 39.1 Å². The van der Waals surface area contributed by atoms with Crippen LogP contribution in [0.2, 0.25) is 0 Å². The molecule has 0 amide bonds. The van der Waals surface area contributed by atoms with Crippen molar-refractivity contribution in [2.24, 2.45) is 0 Å². The van der Waals surface area contributed by atoms with Gasteiger partial charge in [-0.15, -0.1) is 0 Å². The lowest BCUT2D eigenvalue weighted by Gasteiger charge is -2.21. The molecule has 0 bridgehead atoms. The zero-order valence-electron chi connectivity index (χ0n) is 29.8. The molecule has 1 aliphatic rings. The number of aromatic nitrogens is 3. The van der Waals surface area contributed by atoms with Crippen LogP contribution in [0.25, 0.3) is 116 Å². The maximum Gasteiger partial charge on any atom is 0.236 e. The second kappa shape index (κ2) is 10.1. The predicted octanol–water partition coefficient (Wildman–Crippen LogP) is 13.2. The molecule has 258 valence electrons. The molecule has 0 aliphatic heterocycles. The minimum atomic E-state index is -0.165. The standard InChI is InChI=1S/C49H29N3O3/c1-49(2)35-17-7-3-12-26(35)31-22-32-27-13-4-8-18-37(27)52(38(32)25-36(31)49)48-50-45-29-15-6-10-20-40(29)55-47(45)46(51-48)30-16-11-21-41-44(30)34-24-42-33(23-43(34)54-41)28-14-5-9-19-39(28)53-42/h3-25H,1-2H3. The summed E-state index contributed by atoms with van der Waals surface area (Å²) in [6.07, 6.45) is 0. The Morgan fingerprint density at radius 2 is 1.13 bits per heavy atom. The van der Waals surface area contributed by atoms with Gasteiger partial charge in [-0.2, -0.15) is 0 Å². The molecule has 0 unspecified atom stereocenters. The summed E-state index contributed by atoms with van der Waals surface area (Å²) < 4.78 is 21.9. The van der Waals surface area contributed by atoms with E-state index in [9.17, 15) is 0 Å². The molecule has 0 fully saturated rings. The van der Waals surface area contributed by atoms with Crippen LogP contribution in [-0.2, 0) is 5.41 Å². The molecule has 0 atom stereocenters. The van der Waals surface area contributed by atoms with Crippen LogP contribution in [0, 0.1) is 0 Å². The molecule has 0 N–H and O–H groups in total. The van der Waals surface area contributed by atoms with Crippen molar-refractivity contribution in [3.8, 4) is 28.3 Å². The zero-order valence-corrected chi connectivity index (χ0v) is 29.8. The molecule has 6 nitrogen and oxygen atoms in total. The summed E-state index contributed by atoms with van der Waals surface area (Å²) in [6.45, 7) is 4.65. The van der Waals surface area contributed by atoms with E-state index in [4.69, 9.17) is 23.2 Å². The summed E-state index contributed by atoms with van der Waals surface area (Å²) in [5, 5.41) is 7.25. The highest BCUT2D eigenvalue weighted by Crippen LogP contribution is 2.51. The molecule has 6 heteroatoms. The predicted molar refractivity (Wildman–Crippen MR) is 221 cm³/mol. The van der Waals surface area contributed by atoms with Crippen molar-refractivity contribution in [3.05, 3.63) is 151 Å². The highest BCUT2D eigenvalue weighted by molar-refractivity contribution is 6.20. The molecular formula is C49H29N3O3. The van der Waals surface area contributed by atoms with E-state index in [2.05, 4.69) is 109 Å². The largest absolute Gasteiger partial charge is 0.456 e. The first-order chi connectivity index (χ1) is 27.0. The average molecular weight is 708 g/mol. The van der Waals surface area contributed by atoms with Gasteiger partial charge in [0, 0.05) is 48.7 Å². The van der Waals surface area contributed by atoms with Gasteiger partial charge in [0.25, 0.3) is 0 Å². The molecule has 5 aromatic heterocycles. The second-order valence-electron chi connectivity index (χ2n) is 15.3. The Labute approximate surface area is 312 Å². The Balaban J connectivity index is 1.14. The van der Waals surface area contributed by atoms with Gasteiger partial charge in [0.05, 0.1) is 11.0 Å². The molecule has 12 aromatic rings. The number of para-hydroxylation sites is 3. The fourth-order valence-corrected chi connectivity index (χ4v) is 9.48. The van der Waals surface area contributed by atoms with Crippen molar-refractivity contribution >= 4 is 87.8 Å². The van der Waals surface area contributed by atoms with E-state index in [1.54, 1.807) is 0 Å². The summed E-state index contributed by atoms with van der Waals surface area (Å²) >= 11 is 0. The average Bonchev–Trinajstić information content (AvgIpc) is 4.00. The highest BCUT2D eigenvalue weighted by atomic mass is 16.3. The van der Waals surface area contributed by atoms with Gasteiger partial charge in [0.2, 0.25) is 5.95 Å². The van der Waals surface area contributed by atoms with E-state index in [0.29, 0.717) is 17.2 Å². The van der Waals surface area contributed by atoms with Crippen molar-refractivity contribution < 1.29 is 13.3 Å². The van der Waals surface area contributed by atoms with Crippen LogP contribution < -0.4 is 0 Å². The monoisotopic (exact) mass is 707 g/mol. The Hall–Kier alpha value is -7.18. The van der Waals surface area contributed by atoms with E-state index in [-0.39, 0.29) is 5.41 Å².